The first-order valence-corrected chi connectivity index (χ1v) is 8.98. The highest BCUT2D eigenvalue weighted by atomic mass is 19.1. The molecule has 0 aliphatic heterocycles. The number of likely N-dealkylation sites (N-methyl/N-ethyl adjacent to an activating group) is 1. The lowest BCUT2D eigenvalue weighted by Crippen LogP contribution is -2.42. The molecule has 0 spiro atoms. The van der Waals surface area contributed by atoms with Crippen molar-refractivity contribution in [2.45, 2.75) is 26.8 Å². The molecule has 0 aliphatic carbocycles. The predicted octanol–water partition coefficient (Wildman–Crippen LogP) is 2.57. The minimum atomic E-state index is -0.657. The number of hydrogen-bond donors (Lipinski definition) is 0. The number of carbonyl (C=O) groups excluding carboxylic acids is 1. The van der Waals surface area contributed by atoms with Gasteiger partial charge in [0, 0.05) is 12.7 Å². The highest BCUT2D eigenvalue weighted by Gasteiger charge is 2.25. The van der Waals surface area contributed by atoms with Gasteiger partial charge in [0.2, 0.25) is 5.88 Å². The van der Waals surface area contributed by atoms with E-state index in [1.807, 2.05) is 0 Å². The maximum Gasteiger partial charge on any atom is 0.258 e. The molecule has 3 heterocycles. The fourth-order valence-corrected chi connectivity index (χ4v) is 2.80. The van der Waals surface area contributed by atoms with E-state index in [-0.39, 0.29) is 23.9 Å². The van der Waals surface area contributed by atoms with E-state index in [1.165, 1.54) is 29.6 Å². The van der Waals surface area contributed by atoms with E-state index in [0.29, 0.717) is 12.1 Å². The first-order chi connectivity index (χ1) is 13.9. The fourth-order valence-electron chi connectivity index (χ4n) is 2.80. The molecule has 3 aromatic rings. The van der Waals surface area contributed by atoms with Gasteiger partial charge in [-0.1, -0.05) is 0 Å². The maximum atomic E-state index is 13.9. The third-order valence-electron chi connectivity index (χ3n) is 4.21. The fraction of sp³-hybridized carbons (Fsp3) is 0.316. The van der Waals surface area contributed by atoms with Gasteiger partial charge in [-0.3, -0.25) is 4.79 Å². The molecular weight excluding hydrogens is 382 g/mol. The van der Waals surface area contributed by atoms with Gasteiger partial charge in [-0.15, -0.1) is 4.80 Å². The van der Waals surface area contributed by atoms with Gasteiger partial charge in [-0.2, -0.15) is 10.2 Å². The quantitative estimate of drug-likeness (QED) is 0.604. The number of halogens is 2. The molecule has 8 nitrogen and oxygen atoms in total. The Labute approximate surface area is 166 Å². The van der Waals surface area contributed by atoms with Crippen molar-refractivity contribution in [3.05, 3.63) is 59.7 Å². The number of rotatable bonds is 7. The van der Waals surface area contributed by atoms with Crippen LogP contribution in [0.1, 0.15) is 29.8 Å². The molecular formula is C19H20F2N6O2. The second kappa shape index (κ2) is 8.72. The maximum absolute atomic E-state index is 13.9. The molecule has 0 saturated carbocycles. The van der Waals surface area contributed by atoms with E-state index in [1.54, 1.807) is 20.8 Å². The summed E-state index contributed by atoms with van der Waals surface area (Å²) in [5.74, 6) is -1.73. The van der Waals surface area contributed by atoms with Gasteiger partial charge in [-0.25, -0.2) is 18.7 Å². The lowest BCUT2D eigenvalue weighted by molar-refractivity contribution is 0.0642. The van der Waals surface area contributed by atoms with Crippen LogP contribution in [0.2, 0.25) is 0 Å². The predicted molar refractivity (Wildman–Crippen MR) is 99.7 cm³/mol. The molecule has 0 radical (unpaired) electrons. The minimum absolute atomic E-state index is 0.00462. The van der Waals surface area contributed by atoms with Crippen molar-refractivity contribution in [3.8, 4) is 11.7 Å². The van der Waals surface area contributed by atoms with E-state index < -0.39 is 23.6 Å². The second-order valence-corrected chi connectivity index (χ2v) is 6.39. The van der Waals surface area contributed by atoms with Crippen LogP contribution in [0.15, 0.2) is 36.9 Å². The van der Waals surface area contributed by atoms with Crippen LogP contribution in [0.25, 0.3) is 5.82 Å². The number of pyridine rings is 2. The average molecular weight is 402 g/mol. The van der Waals surface area contributed by atoms with Gasteiger partial charge in [0.1, 0.15) is 12.4 Å². The number of hydrogen-bond acceptors (Lipinski definition) is 6. The summed E-state index contributed by atoms with van der Waals surface area (Å²) in [4.78, 5) is 23.6. The summed E-state index contributed by atoms with van der Waals surface area (Å²) in [5.41, 5.74) is 0.682. The summed E-state index contributed by atoms with van der Waals surface area (Å²) in [6.45, 7) is 5.56. The zero-order chi connectivity index (χ0) is 21.0. The third-order valence-corrected chi connectivity index (χ3v) is 4.21. The summed E-state index contributed by atoms with van der Waals surface area (Å²) in [5, 5.41) is 7.91. The molecule has 3 rings (SSSR count). The number of aromatic nitrogens is 5. The number of ether oxygens (including phenoxy) is 1. The molecule has 0 saturated heterocycles. The van der Waals surface area contributed by atoms with Crippen LogP contribution < -0.4 is 4.74 Å². The van der Waals surface area contributed by atoms with Gasteiger partial charge in [0.25, 0.3) is 5.91 Å². The Morgan fingerprint density at radius 1 is 1.21 bits per heavy atom. The molecule has 0 unspecified atom stereocenters. The summed E-state index contributed by atoms with van der Waals surface area (Å²) in [6.07, 6.45) is 5.34. The van der Waals surface area contributed by atoms with Gasteiger partial charge < -0.3 is 9.64 Å². The zero-order valence-electron chi connectivity index (χ0n) is 16.2. The number of carbonyl (C=O) groups is 1. The van der Waals surface area contributed by atoms with Crippen LogP contribution >= 0.6 is 0 Å². The first kappa shape index (κ1) is 20.3. The monoisotopic (exact) mass is 402 g/mol. The average Bonchev–Trinajstić information content (AvgIpc) is 3.22. The van der Waals surface area contributed by atoms with Crippen LogP contribution in [0.4, 0.5) is 8.78 Å². The Morgan fingerprint density at radius 2 is 1.93 bits per heavy atom. The molecule has 1 atom stereocenters. The van der Waals surface area contributed by atoms with E-state index in [9.17, 15) is 13.6 Å². The molecule has 1 amide bonds. The Balaban J connectivity index is 1.80. The Kier molecular flexibility index (Phi) is 6.10. The molecule has 29 heavy (non-hydrogen) atoms. The molecule has 0 aliphatic rings. The highest BCUT2D eigenvalue weighted by Crippen LogP contribution is 2.18. The standard InChI is InChI=1S/C19H20F2N6O2/c1-4-26(13(3)11-29-18-16(21)7-12(2)9-23-18)19(28)15-8-14(20)10-22-17(15)27-24-5-6-25-27/h5-10,13H,4,11H2,1-3H3/t13-/m0/s1. The summed E-state index contributed by atoms with van der Waals surface area (Å²) in [6, 6.07) is 1.96. The van der Waals surface area contributed by atoms with Crippen molar-refractivity contribution in [1.29, 1.82) is 0 Å². The number of aryl methyl sites for hydroxylation is 1. The smallest absolute Gasteiger partial charge is 0.258 e. The summed E-state index contributed by atoms with van der Waals surface area (Å²) < 4.78 is 33.2. The Hall–Kier alpha value is -3.43. The molecule has 0 fully saturated rings. The van der Waals surface area contributed by atoms with E-state index in [2.05, 4.69) is 20.2 Å². The SMILES string of the molecule is CCN(C(=O)c1cc(F)cnc1-n1nccn1)[C@@H](C)COc1ncc(C)cc1F. The van der Waals surface area contributed by atoms with Crippen molar-refractivity contribution in [2.24, 2.45) is 0 Å². The lowest BCUT2D eigenvalue weighted by atomic mass is 10.2. The lowest BCUT2D eigenvalue weighted by Gasteiger charge is -2.28. The van der Waals surface area contributed by atoms with E-state index in [0.717, 1.165) is 17.1 Å². The number of amides is 1. The van der Waals surface area contributed by atoms with E-state index >= 15 is 0 Å². The molecule has 0 bridgehead atoms. The van der Waals surface area contributed by atoms with Gasteiger partial charge >= 0.3 is 0 Å². The third kappa shape index (κ3) is 4.53. The highest BCUT2D eigenvalue weighted by molar-refractivity contribution is 5.97. The van der Waals surface area contributed by atoms with Crippen molar-refractivity contribution in [2.75, 3.05) is 13.2 Å². The van der Waals surface area contributed by atoms with Crippen molar-refractivity contribution in [1.82, 2.24) is 29.9 Å². The first-order valence-electron chi connectivity index (χ1n) is 8.98. The van der Waals surface area contributed by atoms with Gasteiger partial charge in [0.05, 0.1) is 30.2 Å². The Bertz CT molecular complexity index is 996. The van der Waals surface area contributed by atoms with Crippen molar-refractivity contribution < 1.29 is 18.3 Å². The second-order valence-electron chi connectivity index (χ2n) is 6.39. The number of nitrogens with zero attached hydrogens (tertiary/aromatic N) is 6. The van der Waals surface area contributed by atoms with Crippen LogP contribution in [0, 0.1) is 18.6 Å². The Morgan fingerprint density at radius 3 is 2.59 bits per heavy atom. The van der Waals surface area contributed by atoms with Crippen LogP contribution in [0.5, 0.6) is 5.88 Å². The van der Waals surface area contributed by atoms with Crippen molar-refractivity contribution in [3.63, 3.8) is 0 Å². The molecule has 0 N–H and O–H groups in total. The largest absolute Gasteiger partial charge is 0.473 e. The van der Waals surface area contributed by atoms with Gasteiger partial charge in [0.15, 0.2) is 11.6 Å². The molecule has 152 valence electrons. The molecule has 3 aromatic heterocycles. The van der Waals surface area contributed by atoms with Crippen molar-refractivity contribution >= 4 is 5.91 Å². The normalized spacial score (nSPS) is 11.9. The van der Waals surface area contributed by atoms with E-state index in [4.69, 9.17) is 4.74 Å². The summed E-state index contributed by atoms with van der Waals surface area (Å²) >= 11 is 0. The van der Waals surface area contributed by atoms with Gasteiger partial charge in [-0.05, 0) is 38.5 Å². The molecule has 10 heteroatoms. The van der Waals surface area contributed by atoms with Crippen LogP contribution in [-0.4, -0.2) is 55.0 Å². The minimum Gasteiger partial charge on any atom is -0.473 e. The van der Waals surface area contributed by atoms with Crippen LogP contribution in [-0.2, 0) is 0 Å². The summed E-state index contributed by atoms with van der Waals surface area (Å²) in [7, 11) is 0. The van der Waals surface area contributed by atoms with Crippen LogP contribution in [0.3, 0.4) is 0 Å². The zero-order valence-corrected chi connectivity index (χ0v) is 16.2. The topological polar surface area (TPSA) is 86.0 Å². The molecule has 0 aromatic carbocycles.